The second-order valence-electron chi connectivity index (χ2n) is 5.66. The van der Waals surface area contributed by atoms with Gasteiger partial charge in [-0.25, -0.2) is 4.98 Å². The molecular weight excluding hydrogens is 389 g/mol. The summed E-state index contributed by atoms with van der Waals surface area (Å²) in [6.45, 7) is 2.37. The maximum atomic E-state index is 12.3. The first-order valence-corrected chi connectivity index (χ1v) is 8.51. The number of hydrogen-bond acceptors (Lipinski definition) is 4. The van der Waals surface area contributed by atoms with Gasteiger partial charge in [-0.2, -0.15) is 0 Å². The van der Waals surface area contributed by atoms with Crippen LogP contribution in [0.5, 0.6) is 0 Å². The Balaban J connectivity index is 0.00000144. The van der Waals surface area contributed by atoms with Gasteiger partial charge >= 0.3 is 0 Å². The monoisotopic (exact) mass is 407 g/mol. The normalized spacial score (nSPS) is 14.3. The van der Waals surface area contributed by atoms with Gasteiger partial charge in [-0.15, -0.1) is 36.2 Å². The van der Waals surface area contributed by atoms with Gasteiger partial charge in [0.15, 0.2) is 0 Å². The minimum Gasteiger partial charge on any atom is -0.350 e. The van der Waals surface area contributed by atoms with E-state index in [-0.39, 0.29) is 36.8 Å². The van der Waals surface area contributed by atoms with E-state index in [0.29, 0.717) is 22.4 Å². The van der Waals surface area contributed by atoms with E-state index >= 15 is 0 Å². The quantitative estimate of drug-likeness (QED) is 0.783. The number of hydrogen-bond donors (Lipinski definition) is 2. The minimum atomic E-state index is -0.0978. The predicted molar refractivity (Wildman–Crippen MR) is 105 cm³/mol. The molecule has 3 N–H and O–H groups in total. The Morgan fingerprint density at radius 2 is 2.17 bits per heavy atom. The molecule has 0 bridgehead atoms. The Labute approximate surface area is 163 Å². The molecule has 1 aliphatic rings. The molecule has 1 unspecified atom stereocenters. The molecule has 132 valence electrons. The van der Waals surface area contributed by atoms with Crippen LogP contribution in [-0.4, -0.2) is 23.5 Å². The number of thiazole rings is 1. The van der Waals surface area contributed by atoms with Crippen molar-refractivity contribution in [2.75, 3.05) is 6.54 Å². The highest BCUT2D eigenvalue weighted by Gasteiger charge is 2.28. The molecule has 2 aromatic rings. The fraction of sp³-hybridized carbons (Fsp3) is 0.375. The van der Waals surface area contributed by atoms with Gasteiger partial charge in [-0.3, -0.25) is 4.79 Å². The molecule has 3 rings (SSSR count). The number of nitrogens with one attached hydrogen (secondary N) is 1. The van der Waals surface area contributed by atoms with Crippen LogP contribution in [0.15, 0.2) is 24.3 Å². The van der Waals surface area contributed by atoms with E-state index in [2.05, 4.69) is 10.3 Å². The molecule has 1 amide bonds. The van der Waals surface area contributed by atoms with Crippen LogP contribution < -0.4 is 11.1 Å². The van der Waals surface area contributed by atoms with E-state index in [9.17, 15) is 4.79 Å². The van der Waals surface area contributed by atoms with Crippen molar-refractivity contribution in [3.8, 4) is 10.6 Å². The van der Waals surface area contributed by atoms with Crippen LogP contribution >= 0.6 is 47.8 Å². The van der Waals surface area contributed by atoms with Crippen molar-refractivity contribution >= 4 is 53.7 Å². The Bertz CT molecular complexity index is 704. The molecule has 0 saturated heterocycles. The van der Waals surface area contributed by atoms with E-state index in [1.54, 1.807) is 0 Å². The molecule has 0 aliphatic heterocycles. The summed E-state index contributed by atoms with van der Waals surface area (Å²) in [5.74, 6) is 0.476. The molecule has 1 aliphatic carbocycles. The van der Waals surface area contributed by atoms with Gasteiger partial charge in [0.05, 0.1) is 5.69 Å². The summed E-state index contributed by atoms with van der Waals surface area (Å²) in [5, 5.41) is 4.38. The summed E-state index contributed by atoms with van der Waals surface area (Å²) in [4.78, 5) is 17.4. The Kier molecular flexibility index (Phi) is 7.96. The zero-order valence-electron chi connectivity index (χ0n) is 13.1. The highest BCUT2D eigenvalue weighted by Crippen LogP contribution is 2.32. The van der Waals surface area contributed by atoms with Gasteiger partial charge in [0.2, 0.25) is 0 Å². The van der Waals surface area contributed by atoms with E-state index in [1.807, 2.05) is 31.2 Å². The number of carbonyl (C=O) groups is 1. The van der Waals surface area contributed by atoms with E-state index < -0.39 is 0 Å². The van der Waals surface area contributed by atoms with E-state index in [0.717, 1.165) is 16.3 Å². The molecule has 0 radical (unpaired) electrons. The molecule has 1 fully saturated rings. The molecule has 1 aromatic carbocycles. The third kappa shape index (κ3) is 5.07. The van der Waals surface area contributed by atoms with Crippen LogP contribution in [-0.2, 0) is 0 Å². The van der Waals surface area contributed by atoms with Crippen molar-refractivity contribution in [3.05, 3.63) is 39.9 Å². The van der Waals surface area contributed by atoms with Crippen LogP contribution in [0.2, 0.25) is 5.02 Å². The summed E-state index contributed by atoms with van der Waals surface area (Å²) in [6.07, 6.45) is 2.35. The third-order valence-corrected chi connectivity index (χ3v) is 5.24. The van der Waals surface area contributed by atoms with Gasteiger partial charge in [0.25, 0.3) is 5.91 Å². The lowest BCUT2D eigenvalue weighted by Gasteiger charge is -2.10. The Morgan fingerprint density at radius 1 is 1.46 bits per heavy atom. The van der Waals surface area contributed by atoms with E-state index in [4.69, 9.17) is 17.3 Å². The maximum Gasteiger partial charge on any atom is 0.263 e. The van der Waals surface area contributed by atoms with Crippen LogP contribution in [0.3, 0.4) is 0 Å². The number of aromatic nitrogens is 1. The number of nitrogens with two attached hydrogens (primary N) is 1. The van der Waals surface area contributed by atoms with Crippen LogP contribution in [0, 0.1) is 12.8 Å². The lowest BCUT2D eigenvalue weighted by atomic mass is 10.2. The molecule has 1 heterocycles. The van der Waals surface area contributed by atoms with Crippen molar-refractivity contribution in [2.24, 2.45) is 11.7 Å². The lowest BCUT2D eigenvalue weighted by molar-refractivity contribution is 0.0953. The number of amides is 1. The highest BCUT2D eigenvalue weighted by molar-refractivity contribution is 7.17. The summed E-state index contributed by atoms with van der Waals surface area (Å²) in [7, 11) is 0. The molecule has 8 heteroatoms. The second-order valence-corrected chi connectivity index (χ2v) is 7.09. The number of benzene rings is 1. The molecule has 0 spiro atoms. The Morgan fingerprint density at radius 3 is 2.79 bits per heavy atom. The smallest absolute Gasteiger partial charge is 0.263 e. The van der Waals surface area contributed by atoms with Crippen molar-refractivity contribution < 1.29 is 4.79 Å². The highest BCUT2D eigenvalue weighted by atomic mass is 35.5. The maximum absolute atomic E-state index is 12.3. The second kappa shape index (κ2) is 9.02. The predicted octanol–water partition coefficient (Wildman–Crippen LogP) is 4.08. The molecule has 1 aromatic heterocycles. The molecule has 4 nitrogen and oxygen atoms in total. The summed E-state index contributed by atoms with van der Waals surface area (Å²) in [5.41, 5.74) is 7.67. The van der Waals surface area contributed by atoms with Crippen molar-refractivity contribution in [3.63, 3.8) is 0 Å². The van der Waals surface area contributed by atoms with Gasteiger partial charge in [0.1, 0.15) is 9.88 Å². The SMILES string of the molecule is Cc1nc(-c2cccc(Cl)c2)sc1C(=O)NCC(N)C1CC1.Cl.Cl. The zero-order chi connectivity index (χ0) is 15.7. The number of halogens is 3. The van der Waals surface area contributed by atoms with Crippen molar-refractivity contribution in [2.45, 2.75) is 25.8 Å². The van der Waals surface area contributed by atoms with Crippen LogP contribution in [0.4, 0.5) is 0 Å². The number of carbonyl (C=O) groups excluding carboxylic acids is 1. The summed E-state index contributed by atoms with van der Waals surface area (Å²) < 4.78 is 0. The largest absolute Gasteiger partial charge is 0.350 e. The average molecular weight is 409 g/mol. The molecular formula is C16H20Cl3N3OS. The van der Waals surface area contributed by atoms with Gasteiger partial charge in [0, 0.05) is 23.2 Å². The fourth-order valence-corrected chi connectivity index (χ4v) is 3.50. The number of nitrogens with zero attached hydrogens (tertiary/aromatic N) is 1. The first-order valence-electron chi connectivity index (χ1n) is 7.31. The first-order chi connectivity index (χ1) is 10.5. The van der Waals surface area contributed by atoms with Crippen LogP contribution in [0.25, 0.3) is 10.6 Å². The van der Waals surface area contributed by atoms with Gasteiger partial charge in [-0.05, 0) is 37.8 Å². The minimum absolute atomic E-state index is 0. The third-order valence-electron chi connectivity index (χ3n) is 3.80. The summed E-state index contributed by atoms with van der Waals surface area (Å²) in [6, 6.07) is 7.55. The molecule has 24 heavy (non-hydrogen) atoms. The lowest BCUT2D eigenvalue weighted by Crippen LogP contribution is -2.38. The molecule has 1 atom stereocenters. The first kappa shape index (κ1) is 21.2. The number of rotatable bonds is 5. The number of aryl methyl sites for hydroxylation is 1. The Hall–Kier alpha value is -0.850. The van der Waals surface area contributed by atoms with Gasteiger partial charge < -0.3 is 11.1 Å². The van der Waals surface area contributed by atoms with Gasteiger partial charge in [-0.1, -0.05) is 23.7 Å². The van der Waals surface area contributed by atoms with Crippen LogP contribution in [0.1, 0.15) is 28.2 Å². The van der Waals surface area contributed by atoms with E-state index in [1.165, 1.54) is 24.2 Å². The molecule has 1 saturated carbocycles. The van der Waals surface area contributed by atoms with Crippen molar-refractivity contribution in [1.82, 2.24) is 10.3 Å². The van der Waals surface area contributed by atoms with Crippen molar-refractivity contribution in [1.29, 1.82) is 0 Å². The fourth-order valence-electron chi connectivity index (χ4n) is 2.33. The average Bonchev–Trinajstić information content (AvgIpc) is 3.27. The summed E-state index contributed by atoms with van der Waals surface area (Å²) >= 11 is 7.39. The standard InChI is InChI=1S/C16H18ClN3OS.2ClH/c1-9-14(15(21)19-8-13(18)10-5-6-10)22-16(20-9)11-3-2-4-12(17)7-11;;/h2-4,7,10,13H,5-6,8,18H2,1H3,(H,19,21);2*1H. The zero-order valence-corrected chi connectivity index (χ0v) is 16.3. The topological polar surface area (TPSA) is 68.0 Å².